The van der Waals surface area contributed by atoms with E-state index in [-0.39, 0.29) is 0 Å². The highest BCUT2D eigenvalue weighted by Gasteiger charge is 2.12. The van der Waals surface area contributed by atoms with Crippen molar-refractivity contribution in [2.75, 3.05) is 0 Å². The molecule has 5 aromatic carbocycles. The number of benzene rings is 5. The molecule has 7 rings (SSSR count). The van der Waals surface area contributed by atoms with Crippen LogP contribution in [0.2, 0.25) is 0 Å². The van der Waals surface area contributed by atoms with Gasteiger partial charge in [0.05, 0.1) is 0 Å². The number of rotatable bonds is 0. The van der Waals surface area contributed by atoms with Crippen LogP contribution in [0.25, 0.3) is 63.5 Å². The monoisotopic (exact) mass is 373 g/mol. The molecule has 2 heterocycles. The van der Waals surface area contributed by atoms with Gasteiger partial charge in [0.25, 0.3) is 0 Å². The molecule has 0 radical (unpaired) electrons. The van der Waals surface area contributed by atoms with Crippen LogP contribution < -0.4 is 0 Å². The minimum atomic E-state index is 1.21. The van der Waals surface area contributed by atoms with E-state index in [9.17, 15) is 0 Å². The summed E-state index contributed by atoms with van der Waals surface area (Å²) in [7, 11) is 0. The summed E-state index contributed by atoms with van der Waals surface area (Å²) >= 11 is 1.90. The number of thiophene rings is 1. The van der Waals surface area contributed by atoms with Crippen LogP contribution in [0.5, 0.6) is 0 Å². The van der Waals surface area contributed by atoms with Crippen molar-refractivity contribution in [1.29, 1.82) is 0 Å². The van der Waals surface area contributed by atoms with Crippen molar-refractivity contribution in [2.24, 2.45) is 0 Å². The Morgan fingerprint density at radius 3 is 2.11 bits per heavy atom. The molecule has 0 spiro atoms. The molecule has 7 aromatic rings. The third-order valence-corrected chi connectivity index (χ3v) is 7.16. The normalized spacial score (nSPS) is 12.3. The van der Waals surface area contributed by atoms with Gasteiger partial charge in [0.2, 0.25) is 0 Å². The lowest BCUT2D eigenvalue weighted by atomic mass is 10.0. The quantitative estimate of drug-likeness (QED) is 0.277. The van der Waals surface area contributed by atoms with E-state index in [1.807, 2.05) is 11.3 Å². The summed E-state index contributed by atoms with van der Waals surface area (Å²) in [5.41, 5.74) is 2.41. The molecule has 1 nitrogen and oxygen atoms in total. The SMILES string of the molecule is c1ccc2cc3c(cc2c1)[nH]c1cc2ccc4c5ccccc5sc4c2cc13. The van der Waals surface area contributed by atoms with Crippen molar-refractivity contribution in [1.82, 2.24) is 4.98 Å². The molecule has 0 aliphatic rings. The van der Waals surface area contributed by atoms with Crippen molar-refractivity contribution in [3.05, 3.63) is 84.9 Å². The number of aromatic nitrogens is 1. The van der Waals surface area contributed by atoms with Crippen molar-refractivity contribution in [2.45, 2.75) is 0 Å². The van der Waals surface area contributed by atoms with E-state index in [4.69, 9.17) is 0 Å². The number of nitrogens with one attached hydrogen (secondary N) is 1. The molecule has 0 aliphatic carbocycles. The number of H-pyrrole nitrogens is 1. The van der Waals surface area contributed by atoms with Crippen LogP contribution in [-0.4, -0.2) is 4.98 Å². The van der Waals surface area contributed by atoms with Gasteiger partial charge in [-0.3, -0.25) is 0 Å². The maximum atomic E-state index is 3.64. The number of hydrogen-bond donors (Lipinski definition) is 1. The molecule has 0 saturated carbocycles. The zero-order chi connectivity index (χ0) is 18.2. The van der Waals surface area contributed by atoms with Crippen molar-refractivity contribution < 1.29 is 0 Å². The third-order valence-electron chi connectivity index (χ3n) is 5.94. The molecule has 0 fully saturated rings. The smallest absolute Gasteiger partial charge is 0.0471 e. The van der Waals surface area contributed by atoms with Gasteiger partial charge < -0.3 is 4.98 Å². The predicted molar refractivity (Wildman–Crippen MR) is 124 cm³/mol. The number of hydrogen-bond acceptors (Lipinski definition) is 1. The maximum absolute atomic E-state index is 3.64. The minimum Gasteiger partial charge on any atom is -0.354 e. The number of fused-ring (bicyclic) bond motifs is 9. The van der Waals surface area contributed by atoms with Crippen LogP contribution in [-0.2, 0) is 0 Å². The Kier molecular flexibility index (Phi) is 2.68. The van der Waals surface area contributed by atoms with E-state index in [2.05, 4.69) is 89.9 Å². The minimum absolute atomic E-state index is 1.21. The van der Waals surface area contributed by atoms with Crippen LogP contribution in [0.4, 0.5) is 0 Å². The summed E-state index contributed by atoms with van der Waals surface area (Å²) in [6, 6.07) is 31.1. The Bertz CT molecular complexity index is 1710. The molecule has 0 saturated heterocycles. The van der Waals surface area contributed by atoms with Crippen LogP contribution in [0.15, 0.2) is 84.9 Å². The lowest BCUT2D eigenvalue weighted by molar-refractivity contribution is 1.56. The molecular weight excluding hydrogens is 358 g/mol. The maximum Gasteiger partial charge on any atom is 0.0471 e. The van der Waals surface area contributed by atoms with Crippen molar-refractivity contribution in [3.8, 4) is 0 Å². The molecule has 2 aromatic heterocycles. The summed E-state index contributed by atoms with van der Waals surface area (Å²) in [5, 5.41) is 10.5. The van der Waals surface area contributed by atoms with Crippen LogP contribution in [0, 0.1) is 0 Å². The molecule has 0 amide bonds. The fourth-order valence-electron chi connectivity index (χ4n) is 4.59. The molecule has 2 heteroatoms. The standard InChI is InChI=1S/C26H15NS/c1-2-6-16-12-23-21(11-15(16)5-1)22-14-20-17(13-24(22)27-23)9-10-19-18-7-3-4-8-25(18)28-26(19)20/h1-14,27H. The Morgan fingerprint density at radius 2 is 1.21 bits per heavy atom. The van der Waals surface area contributed by atoms with Gasteiger partial charge in [0.1, 0.15) is 0 Å². The highest BCUT2D eigenvalue weighted by atomic mass is 32.1. The zero-order valence-electron chi connectivity index (χ0n) is 15.0. The first kappa shape index (κ1) is 14.7. The van der Waals surface area contributed by atoms with Gasteiger partial charge in [-0.1, -0.05) is 54.6 Å². The largest absolute Gasteiger partial charge is 0.354 e. The molecular formula is C26H15NS. The molecule has 0 aliphatic heterocycles. The first-order valence-corrected chi connectivity index (χ1v) is 10.3. The summed E-state index contributed by atoms with van der Waals surface area (Å²) in [6.07, 6.45) is 0. The van der Waals surface area contributed by atoms with Crippen molar-refractivity contribution >= 4 is 74.9 Å². The average Bonchev–Trinajstić information content (AvgIpc) is 3.28. The van der Waals surface area contributed by atoms with Gasteiger partial charge in [0.15, 0.2) is 0 Å². The van der Waals surface area contributed by atoms with Gasteiger partial charge in [-0.2, -0.15) is 0 Å². The summed E-state index contributed by atoms with van der Waals surface area (Å²) in [6.45, 7) is 0. The van der Waals surface area contributed by atoms with E-state index in [1.165, 1.54) is 63.5 Å². The predicted octanol–water partition coefficient (Wildman–Crippen LogP) is 8.00. The lowest BCUT2D eigenvalue weighted by Gasteiger charge is -2.02. The molecule has 0 bridgehead atoms. The Morgan fingerprint density at radius 1 is 0.500 bits per heavy atom. The fourth-order valence-corrected chi connectivity index (χ4v) is 5.82. The first-order chi connectivity index (χ1) is 13.8. The second kappa shape index (κ2) is 5.12. The van der Waals surface area contributed by atoms with Gasteiger partial charge in [-0.15, -0.1) is 11.3 Å². The fraction of sp³-hybridized carbons (Fsp3) is 0. The van der Waals surface area contributed by atoms with E-state index in [0.29, 0.717) is 0 Å². The van der Waals surface area contributed by atoms with Gasteiger partial charge >= 0.3 is 0 Å². The Balaban J connectivity index is 1.67. The molecule has 0 unspecified atom stereocenters. The van der Waals surface area contributed by atoms with Crippen LogP contribution >= 0.6 is 11.3 Å². The van der Waals surface area contributed by atoms with E-state index in [0.717, 1.165) is 0 Å². The van der Waals surface area contributed by atoms with Gasteiger partial charge in [-0.05, 0) is 46.5 Å². The Labute approximate surface area is 164 Å². The highest BCUT2D eigenvalue weighted by Crippen LogP contribution is 2.40. The topological polar surface area (TPSA) is 15.8 Å². The molecule has 28 heavy (non-hydrogen) atoms. The molecule has 1 N–H and O–H groups in total. The first-order valence-electron chi connectivity index (χ1n) is 9.53. The molecule has 0 atom stereocenters. The highest BCUT2D eigenvalue weighted by molar-refractivity contribution is 7.26. The van der Waals surface area contributed by atoms with Crippen molar-refractivity contribution in [3.63, 3.8) is 0 Å². The van der Waals surface area contributed by atoms with Crippen LogP contribution in [0.1, 0.15) is 0 Å². The molecule has 130 valence electrons. The second-order valence-electron chi connectivity index (χ2n) is 7.53. The average molecular weight is 373 g/mol. The summed E-state index contributed by atoms with van der Waals surface area (Å²) in [5.74, 6) is 0. The summed E-state index contributed by atoms with van der Waals surface area (Å²) < 4.78 is 2.74. The van der Waals surface area contributed by atoms with E-state index in [1.54, 1.807) is 0 Å². The van der Waals surface area contributed by atoms with Crippen LogP contribution in [0.3, 0.4) is 0 Å². The third kappa shape index (κ3) is 1.85. The van der Waals surface area contributed by atoms with Gasteiger partial charge in [0, 0.05) is 47.4 Å². The number of aromatic amines is 1. The zero-order valence-corrected chi connectivity index (χ0v) is 15.8. The Hall–Kier alpha value is -3.36. The second-order valence-corrected chi connectivity index (χ2v) is 8.58. The lowest BCUT2D eigenvalue weighted by Crippen LogP contribution is -1.75. The van der Waals surface area contributed by atoms with Gasteiger partial charge in [-0.25, -0.2) is 0 Å². The summed E-state index contributed by atoms with van der Waals surface area (Å²) in [4.78, 5) is 3.64. The van der Waals surface area contributed by atoms with E-state index >= 15 is 0 Å². The van der Waals surface area contributed by atoms with E-state index < -0.39 is 0 Å².